The Hall–Kier alpha value is -3.17. The van der Waals surface area contributed by atoms with Crippen LogP contribution in [0, 0.1) is 5.82 Å². The molecule has 3 N–H and O–H groups in total. The Morgan fingerprint density at radius 2 is 2.24 bits per heavy atom. The molecule has 150 valence electrons. The molecule has 1 unspecified atom stereocenters. The molecular weight excluding hydrogens is 403 g/mol. The van der Waals surface area contributed by atoms with E-state index in [0.717, 1.165) is 11.5 Å². The topological polar surface area (TPSA) is 108 Å². The van der Waals surface area contributed by atoms with Gasteiger partial charge in [0.2, 0.25) is 0 Å². The molecule has 29 heavy (non-hydrogen) atoms. The van der Waals surface area contributed by atoms with Crippen LogP contribution in [-0.2, 0) is 16.1 Å². The van der Waals surface area contributed by atoms with Gasteiger partial charge in [-0.1, -0.05) is 11.6 Å². The predicted molar refractivity (Wildman–Crippen MR) is 103 cm³/mol. The first-order valence-electron chi connectivity index (χ1n) is 8.73. The smallest absolute Gasteiger partial charge is 0.407 e. The van der Waals surface area contributed by atoms with Gasteiger partial charge in [0, 0.05) is 36.1 Å². The van der Waals surface area contributed by atoms with Crippen LogP contribution in [0.3, 0.4) is 0 Å². The summed E-state index contributed by atoms with van der Waals surface area (Å²) in [7, 11) is 0. The number of nitrogens with one attached hydrogen (secondary N) is 2. The Labute approximate surface area is 169 Å². The molecule has 0 spiro atoms. The number of aromatic amines is 1. The molecule has 3 aromatic rings. The third-order valence-corrected chi connectivity index (χ3v) is 4.79. The number of aromatic nitrogens is 2. The highest BCUT2D eigenvalue weighted by Gasteiger charge is 2.49. The van der Waals surface area contributed by atoms with Gasteiger partial charge in [-0.15, -0.1) is 0 Å². The lowest BCUT2D eigenvalue weighted by Crippen LogP contribution is -2.46. The number of hydrogen-bond donors (Lipinski definition) is 3. The second kappa shape index (κ2) is 7.34. The van der Waals surface area contributed by atoms with Crippen molar-refractivity contribution in [3.05, 3.63) is 59.1 Å². The van der Waals surface area contributed by atoms with Gasteiger partial charge < -0.3 is 25.0 Å². The molecule has 3 heterocycles. The molecule has 0 bridgehead atoms. The zero-order valence-electron chi connectivity index (χ0n) is 15.0. The van der Waals surface area contributed by atoms with E-state index < -0.39 is 23.6 Å². The van der Waals surface area contributed by atoms with Crippen LogP contribution in [-0.4, -0.2) is 39.4 Å². The highest BCUT2D eigenvalue weighted by atomic mass is 35.5. The summed E-state index contributed by atoms with van der Waals surface area (Å²) in [5.74, 6) is -3.61. The molecular formula is C19H16ClFN4O4. The summed E-state index contributed by atoms with van der Waals surface area (Å²) in [6, 6.07) is 7.37. The fourth-order valence-corrected chi connectivity index (χ4v) is 3.42. The molecule has 0 saturated carbocycles. The molecule has 8 nitrogen and oxygen atoms in total. The standard InChI is InChI=1S/C19H16ClFN4O4/c20-13-5-11(6-14(21)8-13)9-24-18(27)29-19(28)2-4-25(17(19)26)15-7-12-1-3-22-16(12)23-10-15/h1,3,5-8,10,28H,2,4,9H2,(H,22,23)(H,24,27). The Morgan fingerprint density at radius 1 is 1.41 bits per heavy atom. The average molecular weight is 419 g/mol. The van der Waals surface area contributed by atoms with E-state index in [1.165, 1.54) is 23.2 Å². The van der Waals surface area contributed by atoms with Gasteiger partial charge in [-0.25, -0.2) is 14.2 Å². The summed E-state index contributed by atoms with van der Waals surface area (Å²) in [6.45, 7) is 0.0676. The lowest BCUT2D eigenvalue weighted by atomic mass is 10.2. The van der Waals surface area contributed by atoms with Crippen molar-refractivity contribution in [2.75, 3.05) is 11.4 Å². The fourth-order valence-electron chi connectivity index (χ4n) is 3.18. The Balaban J connectivity index is 1.41. The van der Waals surface area contributed by atoms with Gasteiger partial charge in [0.1, 0.15) is 11.5 Å². The fraction of sp³-hybridized carbons (Fsp3) is 0.211. The quantitative estimate of drug-likeness (QED) is 0.565. The minimum absolute atomic E-state index is 0.0849. The molecule has 1 atom stereocenters. The number of nitrogens with zero attached hydrogens (tertiary/aromatic N) is 2. The molecule has 10 heteroatoms. The zero-order valence-corrected chi connectivity index (χ0v) is 15.7. The van der Waals surface area contributed by atoms with Crippen molar-refractivity contribution in [2.24, 2.45) is 0 Å². The van der Waals surface area contributed by atoms with Crippen molar-refractivity contribution >= 4 is 40.3 Å². The predicted octanol–water partition coefficient (Wildman–Crippen LogP) is 2.71. The minimum Gasteiger partial charge on any atom is -0.407 e. The SMILES string of the molecule is O=C(NCc1cc(F)cc(Cl)c1)OC1(O)CCN(c2cnc3[nH]ccc3c2)C1=O. The van der Waals surface area contributed by atoms with E-state index in [4.69, 9.17) is 16.3 Å². The number of aliphatic hydroxyl groups is 1. The number of alkyl carbamates (subject to hydrolysis) is 1. The van der Waals surface area contributed by atoms with Crippen molar-refractivity contribution in [2.45, 2.75) is 18.8 Å². The highest BCUT2D eigenvalue weighted by molar-refractivity contribution is 6.30. The van der Waals surface area contributed by atoms with E-state index in [1.54, 1.807) is 18.3 Å². The number of carbonyl (C=O) groups excluding carboxylic acids is 2. The number of anilines is 1. The van der Waals surface area contributed by atoms with E-state index in [-0.39, 0.29) is 24.5 Å². The van der Waals surface area contributed by atoms with E-state index >= 15 is 0 Å². The lowest BCUT2D eigenvalue weighted by Gasteiger charge is -2.22. The van der Waals surface area contributed by atoms with Crippen LogP contribution in [0.4, 0.5) is 14.9 Å². The van der Waals surface area contributed by atoms with E-state index in [2.05, 4.69) is 15.3 Å². The molecule has 1 saturated heterocycles. The van der Waals surface area contributed by atoms with Gasteiger partial charge in [0.15, 0.2) is 0 Å². The Kier molecular flexibility index (Phi) is 4.85. The molecule has 1 aliphatic rings. The molecule has 4 rings (SSSR count). The number of amides is 2. The monoisotopic (exact) mass is 418 g/mol. The first-order chi connectivity index (χ1) is 13.8. The summed E-state index contributed by atoms with van der Waals surface area (Å²) in [5, 5.41) is 13.9. The molecule has 1 aromatic carbocycles. The van der Waals surface area contributed by atoms with E-state index in [0.29, 0.717) is 16.9 Å². The molecule has 1 aliphatic heterocycles. The average Bonchev–Trinajstić information content (AvgIpc) is 3.24. The molecule has 2 amide bonds. The summed E-state index contributed by atoms with van der Waals surface area (Å²) >= 11 is 5.77. The number of pyridine rings is 1. The maximum Gasteiger partial charge on any atom is 0.410 e. The van der Waals surface area contributed by atoms with Crippen LogP contribution in [0.1, 0.15) is 12.0 Å². The minimum atomic E-state index is -2.29. The first kappa shape index (κ1) is 19.2. The van der Waals surface area contributed by atoms with Crippen LogP contribution in [0.15, 0.2) is 42.7 Å². The molecule has 0 aliphatic carbocycles. The van der Waals surface area contributed by atoms with Crippen molar-refractivity contribution < 1.29 is 23.8 Å². The second-order valence-electron chi connectivity index (χ2n) is 6.62. The van der Waals surface area contributed by atoms with Gasteiger partial charge in [0.05, 0.1) is 11.9 Å². The van der Waals surface area contributed by atoms with E-state index in [1.807, 2.05) is 0 Å². The van der Waals surface area contributed by atoms with Gasteiger partial charge in [-0.3, -0.25) is 4.79 Å². The number of benzene rings is 1. The summed E-state index contributed by atoms with van der Waals surface area (Å²) in [5.41, 5.74) is 1.56. The second-order valence-corrected chi connectivity index (χ2v) is 7.06. The largest absolute Gasteiger partial charge is 0.410 e. The van der Waals surface area contributed by atoms with Crippen LogP contribution < -0.4 is 10.2 Å². The van der Waals surface area contributed by atoms with Crippen molar-refractivity contribution in [3.63, 3.8) is 0 Å². The zero-order chi connectivity index (χ0) is 20.6. The normalized spacial score (nSPS) is 19.0. The van der Waals surface area contributed by atoms with Gasteiger partial charge in [-0.05, 0) is 35.9 Å². The van der Waals surface area contributed by atoms with Crippen molar-refractivity contribution in [1.29, 1.82) is 0 Å². The summed E-state index contributed by atoms with van der Waals surface area (Å²) in [4.78, 5) is 33.2. The lowest BCUT2D eigenvalue weighted by molar-refractivity contribution is -0.175. The molecule has 1 fully saturated rings. The Morgan fingerprint density at radius 3 is 3.03 bits per heavy atom. The molecule has 2 aromatic heterocycles. The number of hydrogen-bond acceptors (Lipinski definition) is 5. The van der Waals surface area contributed by atoms with Crippen molar-refractivity contribution in [1.82, 2.24) is 15.3 Å². The Bertz CT molecular complexity index is 1080. The van der Waals surface area contributed by atoms with Gasteiger partial charge in [0.25, 0.3) is 11.7 Å². The third kappa shape index (κ3) is 3.87. The highest BCUT2D eigenvalue weighted by Crippen LogP contribution is 2.30. The number of carbonyl (C=O) groups is 2. The number of halogens is 2. The number of ether oxygens (including phenoxy) is 1. The van der Waals surface area contributed by atoms with Crippen molar-refractivity contribution in [3.8, 4) is 0 Å². The summed E-state index contributed by atoms with van der Waals surface area (Å²) in [6.07, 6.45) is 2.11. The van der Waals surface area contributed by atoms with Crippen LogP contribution >= 0.6 is 11.6 Å². The number of fused-ring (bicyclic) bond motifs is 1. The van der Waals surface area contributed by atoms with Crippen LogP contribution in [0.5, 0.6) is 0 Å². The third-order valence-electron chi connectivity index (χ3n) is 4.57. The van der Waals surface area contributed by atoms with Gasteiger partial charge in [-0.2, -0.15) is 0 Å². The van der Waals surface area contributed by atoms with Crippen LogP contribution in [0.2, 0.25) is 5.02 Å². The first-order valence-corrected chi connectivity index (χ1v) is 9.11. The summed E-state index contributed by atoms with van der Waals surface area (Å²) < 4.78 is 18.3. The number of rotatable bonds is 4. The van der Waals surface area contributed by atoms with Crippen LogP contribution in [0.25, 0.3) is 11.0 Å². The van der Waals surface area contributed by atoms with E-state index in [9.17, 15) is 19.1 Å². The molecule has 0 radical (unpaired) electrons. The maximum atomic E-state index is 13.3. The number of H-pyrrole nitrogens is 1. The maximum absolute atomic E-state index is 13.3. The van der Waals surface area contributed by atoms with Gasteiger partial charge >= 0.3 is 6.09 Å².